The highest BCUT2D eigenvalue weighted by Gasteiger charge is 2.63. The lowest BCUT2D eigenvalue weighted by atomic mass is 9.54. The fraction of sp³-hybridized carbons (Fsp3) is 0.632. The largest absolute Gasteiger partial charge is 0.486 e. The van der Waals surface area contributed by atoms with E-state index in [2.05, 4.69) is 0 Å². The molecule has 1 aliphatic carbocycles. The molecule has 0 bridgehead atoms. The predicted octanol–water partition coefficient (Wildman–Crippen LogP) is 2.24. The van der Waals surface area contributed by atoms with Crippen molar-refractivity contribution in [1.82, 2.24) is 4.90 Å². The SMILES string of the molecule is CCOC1CC(N)(C(=O)N(C)CC2COc3ccccc3O2)C1(C)C.Cl. The first-order valence-corrected chi connectivity index (χ1v) is 8.84. The molecule has 3 rings (SSSR count). The molecular weight excluding hydrogens is 356 g/mol. The number of rotatable bonds is 5. The van der Waals surface area contributed by atoms with E-state index < -0.39 is 11.0 Å². The maximum absolute atomic E-state index is 13.0. The van der Waals surface area contributed by atoms with E-state index >= 15 is 0 Å². The summed E-state index contributed by atoms with van der Waals surface area (Å²) in [5.41, 5.74) is 5.18. The molecule has 1 saturated carbocycles. The second-order valence-electron chi connectivity index (χ2n) is 7.52. The van der Waals surface area contributed by atoms with Crippen LogP contribution in [0.25, 0.3) is 0 Å². The fourth-order valence-corrected chi connectivity index (χ4v) is 3.68. The number of carbonyl (C=O) groups excluding carboxylic acids is 1. The monoisotopic (exact) mass is 384 g/mol. The van der Waals surface area contributed by atoms with Gasteiger partial charge in [-0.05, 0) is 19.1 Å². The average molecular weight is 385 g/mol. The summed E-state index contributed by atoms with van der Waals surface area (Å²) in [7, 11) is 1.77. The Morgan fingerprint density at radius 2 is 2.00 bits per heavy atom. The number of benzene rings is 1. The highest BCUT2D eigenvalue weighted by Crippen LogP contribution is 2.50. The molecule has 2 aliphatic rings. The molecule has 0 aromatic heterocycles. The van der Waals surface area contributed by atoms with Crippen LogP contribution >= 0.6 is 12.4 Å². The highest BCUT2D eigenvalue weighted by molar-refractivity contribution is 5.88. The number of hydrogen-bond acceptors (Lipinski definition) is 5. The first-order chi connectivity index (χ1) is 11.8. The summed E-state index contributed by atoms with van der Waals surface area (Å²) >= 11 is 0. The minimum Gasteiger partial charge on any atom is -0.486 e. The minimum atomic E-state index is -0.908. The van der Waals surface area contributed by atoms with Crippen LogP contribution in [-0.4, -0.2) is 55.4 Å². The van der Waals surface area contributed by atoms with Gasteiger partial charge < -0.3 is 24.8 Å². The summed E-state index contributed by atoms with van der Waals surface area (Å²) in [5.74, 6) is 1.38. The van der Waals surface area contributed by atoms with Crippen LogP contribution in [0.1, 0.15) is 27.2 Å². The number of halogens is 1. The summed E-state index contributed by atoms with van der Waals surface area (Å²) in [6.07, 6.45) is 0.348. The van der Waals surface area contributed by atoms with Crippen molar-refractivity contribution in [3.63, 3.8) is 0 Å². The van der Waals surface area contributed by atoms with Gasteiger partial charge in [-0.2, -0.15) is 0 Å². The van der Waals surface area contributed by atoms with Crippen LogP contribution in [0.2, 0.25) is 0 Å². The van der Waals surface area contributed by atoms with E-state index in [4.69, 9.17) is 19.9 Å². The van der Waals surface area contributed by atoms with Crippen molar-refractivity contribution in [1.29, 1.82) is 0 Å². The molecule has 0 spiro atoms. The van der Waals surface area contributed by atoms with Crippen molar-refractivity contribution in [2.75, 3.05) is 26.8 Å². The molecule has 2 N–H and O–H groups in total. The molecule has 1 aromatic rings. The van der Waals surface area contributed by atoms with Gasteiger partial charge in [-0.25, -0.2) is 0 Å². The number of amides is 1. The van der Waals surface area contributed by atoms with Crippen LogP contribution < -0.4 is 15.2 Å². The Kier molecular flexibility index (Phi) is 6.10. The predicted molar refractivity (Wildman–Crippen MR) is 102 cm³/mol. The van der Waals surface area contributed by atoms with Crippen molar-refractivity contribution in [2.24, 2.45) is 11.1 Å². The van der Waals surface area contributed by atoms with Crippen LogP contribution in [0, 0.1) is 5.41 Å². The maximum Gasteiger partial charge on any atom is 0.243 e. The number of nitrogens with zero attached hydrogens (tertiary/aromatic N) is 1. The summed E-state index contributed by atoms with van der Waals surface area (Å²) in [6.45, 7) is 7.43. The van der Waals surface area contributed by atoms with E-state index in [1.54, 1.807) is 11.9 Å². The lowest BCUT2D eigenvalue weighted by Crippen LogP contribution is -2.76. The average Bonchev–Trinajstić information content (AvgIpc) is 2.60. The van der Waals surface area contributed by atoms with Gasteiger partial charge in [0.05, 0.1) is 12.6 Å². The normalized spacial score (nSPS) is 28.5. The summed E-state index contributed by atoms with van der Waals surface area (Å²) in [5, 5.41) is 0. The zero-order valence-electron chi connectivity index (χ0n) is 15.9. The molecule has 1 aliphatic heterocycles. The smallest absolute Gasteiger partial charge is 0.243 e. The quantitative estimate of drug-likeness (QED) is 0.842. The third kappa shape index (κ3) is 3.38. The number of carbonyl (C=O) groups is 1. The minimum absolute atomic E-state index is 0. The van der Waals surface area contributed by atoms with E-state index in [9.17, 15) is 4.79 Å². The van der Waals surface area contributed by atoms with Gasteiger partial charge >= 0.3 is 0 Å². The second kappa shape index (κ2) is 7.62. The molecule has 7 heteroatoms. The van der Waals surface area contributed by atoms with E-state index in [1.165, 1.54) is 0 Å². The molecule has 1 aromatic carbocycles. The standard InChI is InChI=1S/C19H28N2O4.ClH/c1-5-23-16-10-19(20,18(16,2)3)17(22)21(4)11-13-12-24-14-8-6-7-9-15(14)25-13;/h6-9,13,16H,5,10-12,20H2,1-4H3;1H. The molecule has 6 nitrogen and oxygen atoms in total. The van der Waals surface area contributed by atoms with Gasteiger partial charge in [-0.1, -0.05) is 26.0 Å². The molecule has 1 fully saturated rings. The molecule has 1 heterocycles. The van der Waals surface area contributed by atoms with Gasteiger partial charge in [-0.15, -0.1) is 12.4 Å². The van der Waals surface area contributed by atoms with Crippen molar-refractivity contribution in [3.8, 4) is 11.5 Å². The van der Waals surface area contributed by atoms with E-state index in [0.29, 0.717) is 31.9 Å². The number of ether oxygens (including phenoxy) is 3. The van der Waals surface area contributed by atoms with Crippen molar-refractivity contribution < 1.29 is 19.0 Å². The lowest BCUT2D eigenvalue weighted by Gasteiger charge is -2.58. The number of likely N-dealkylation sites (N-methyl/N-ethyl adjacent to an activating group) is 1. The highest BCUT2D eigenvalue weighted by atomic mass is 35.5. The number of hydrogen-bond donors (Lipinski definition) is 1. The molecular formula is C19H29ClN2O4. The molecule has 3 atom stereocenters. The number of nitrogens with two attached hydrogens (primary N) is 1. The molecule has 0 radical (unpaired) electrons. The van der Waals surface area contributed by atoms with E-state index in [-0.39, 0.29) is 30.5 Å². The van der Waals surface area contributed by atoms with Crippen molar-refractivity contribution in [3.05, 3.63) is 24.3 Å². The first-order valence-electron chi connectivity index (χ1n) is 8.84. The fourth-order valence-electron chi connectivity index (χ4n) is 3.68. The third-order valence-electron chi connectivity index (χ3n) is 5.60. The zero-order valence-corrected chi connectivity index (χ0v) is 16.7. The number of para-hydroxylation sites is 2. The van der Waals surface area contributed by atoms with Crippen molar-refractivity contribution >= 4 is 18.3 Å². The Balaban J connectivity index is 0.00000243. The van der Waals surface area contributed by atoms with Gasteiger partial charge in [0.15, 0.2) is 17.6 Å². The lowest BCUT2D eigenvalue weighted by molar-refractivity contribution is -0.179. The van der Waals surface area contributed by atoms with Crippen LogP contribution in [0.4, 0.5) is 0 Å². The second-order valence-corrected chi connectivity index (χ2v) is 7.52. The third-order valence-corrected chi connectivity index (χ3v) is 5.60. The molecule has 26 heavy (non-hydrogen) atoms. The Labute approximate surface area is 161 Å². The molecule has 0 saturated heterocycles. The summed E-state index contributed by atoms with van der Waals surface area (Å²) in [4.78, 5) is 14.6. The Bertz CT molecular complexity index is 654. The van der Waals surface area contributed by atoms with Gasteiger partial charge in [0.1, 0.15) is 12.1 Å². The molecule has 146 valence electrons. The zero-order chi connectivity index (χ0) is 18.2. The van der Waals surface area contributed by atoms with Gasteiger partial charge in [-0.3, -0.25) is 4.79 Å². The van der Waals surface area contributed by atoms with E-state index in [1.807, 2.05) is 45.0 Å². The van der Waals surface area contributed by atoms with Gasteiger partial charge in [0.2, 0.25) is 5.91 Å². The van der Waals surface area contributed by atoms with Crippen LogP contribution in [0.3, 0.4) is 0 Å². The molecule has 3 unspecified atom stereocenters. The Morgan fingerprint density at radius 1 is 1.35 bits per heavy atom. The maximum atomic E-state index is 13.0. The number of fused-ring (bicyclic) bond motifs is 1. The van der Waals surface area contributed by atoms with Gasteiger partial charge in [0.25, 0.3) is 0 Å². The van der Waals surface area contributed by atoms with E-state index in [0.717, 1.165) is 5.75 Å². The summed E-state index contributed by atoms with van der Waals surface area (Å²) < 4.78 is 17.4. The van der Waals surface area contributed by atoms with Crippen LogP contribution in [0.15, 0.2) is 24.3 Å². The topological polar surface area (TPSA) is 74.0 Å². The summed E-state index contributed by atoms with van der Waals surface area (Å²) in [6, 6.07) is 7.55. The molecule has 1 amide bonds. The Morgan fingerprint density at radius 3 is 2.62 bits per heavy atom. The van der Waals surface area contributed by atoms with Crippen LogP contribution in [-0.2, 0) is 9.53 Å². The van der Waals surface area contributed by atoms with Crippen LogP contribution in [0.5, 0.6) is 11.5 Å². The Hall–Kier alpha value is -1.50. The first kappa shape index (κ1) is 20.8. The van der Waals surface area contributed by atoms with Crippen molar-refractivity contribution in [2.45, 2.75) is 44.9 Å². The van der Waals surface area contributed by atoms with Gasteiger partial charge in [0, 0.05) is 25.5 Å².